The van der Waals surface area contributed by atoms with Crippen molar-refractivity contribution < 1.29 is 4.79 Å². The molecule has 0 saturated carbocycles. The highest BCUT2D eigenvalue weighted by Gasteiger charge is 2.26. The zero-order valence-corrected chi connectivity index (χ0v) is 10.9. The molecule has 1 aliphatic rings. The first-order valence-electron chi connectivity index (χ1n) is 6.23. The Morgan fingerprint density at radius 3 is 2.56 bits per heavy atom. The Labute approximate surface area is 98.8 Å². The zero-order chi connectivity index (χ0) is 12.1. The molecule has 1 aliphatic heterocycles. The molecule has 0 spiro atoms. The lowest BCUT2D eigenvalue weighted by Gasteiger charge is -2.32. The fraction of sp³-hybridized carbons (Fsp3) is 0.917. The molecular formula is C12H25N3O. The summed E-state index contributed by atoms with van der Waals surface area (Å²) in [5, 5.41) is 6.49. The van der Waals surface area contributed by atoms with Crippen molar-refractivity contribution in [2.75, 3.05) is 26.7 Å². The van der Waals surface area contributed by atoms with Crippen molar-refractivity contribution in [3.8, 4) is 0 Å². The lowest BCUT2D eigenvalue weighted by Crippen LogP contribution is -2.57. The monoisotopic (exact) mass is 227 g/mol. The smallest absolute Gasteiger partial charge is 0.241 e. The van der Waals surface area contributed by atoms with E-state index in [0.717, 1.165) is 26.1 Å². The summed E-state index contributed by atoms with van der Waals surface area (Å²) in [6.45, 7) is 9.08. The van der Waals surface area contributed by atoms with Crippen LogP contribution in [0.1, 0.15) is 27.2 Å². The summed E-state index contributed by atoms with van der Waals surface area (Å²) in [5.41, 5.74) is 0. The number of nitrogens with one attached hydrogen (secondary N) is 2. The van der Waals surface area contributed by atoms with E-state index in [-0.39, 0.29) is 11.9 Å². The maximum absolute atomic E-state index is 12.1. The third-order valence-electron chi connectivity index (χ3n) is 3.16. The second kappa shape index (κ2) is 6.21. The van der Waals surface area contributed by atoms with Gasteiger partial charge < -0.3 is 15.5 Å². The molecule has 2 atom stereocenters. The van der Waals surface area contributed by atoms with E-state index in [4.69, 9.17) is 0 Å². The van der Waals surface area contributed by atoms with Crippen molar-refractivity contribution in [1.29, 1.82) is 0 Å². The van der Waals surface area contributed by atoms with Crippen molar-refractivity contribution in [3.05, 3.63) is 0 Å². The summed E-state index contributed by atoms with van der Waals surface area (Å²) < 4.78 is 0. The minimum absolute atomic E-state index is 0.0478. The molecule has 0 aliphatic carbocycles. The summed E-state index contributed by atoms with van der Waals surface area (Å²) in [6.07, 6.45) is 1.06. The normalized spacial score (nSPS) is 23.2. The average Bonchev–Trinajstić information content (AvgIpc) is 2.27. The molecule has 1 saturated heterocycles. The second-order valence-corrected chi connectivity index (χ2v) is 5.14. The van der Waals surface area contributed by atoms with Gasteiger partial charge in [-0.15, -0.1) is 0 Å². The van der Waals surface area contributed by atoms with Gasteiger partial charge in [-0.1, -0.05) is 13.8 Å². The van der Waals surface area contributed by atoms with E-state index in [1.807, 2.05) is 11.9 Å². The molecule has 4 heteroatoms. The maximum Gasteiger partial charge on any atom is 0.241 e. The van der Waals surface area contributed by atoms with Gasteiger partial charge in [0.15, 0.2) is 0 Å². The van der Waals surface area contributed by atoms with Gasteiger partial charge >= 0.3 is 0 Å². The summed E-state index contributed by atoms with van der Waals surface area (Å²) in [4.78, 5) is 14.0. The quantitative estimate of drug-likeness (QED) is 0.732. The molecule has 1 rings (SSSR count). The van der Waals surface area contributed by atoms with Crippen molar-refractivity contribution >= 4 is 5.91 Å². The molecule has 0 aromatic rings. The van der Waals surface area contributed by atoms with Gasteiger partial charge in [-0.3, -0.25) is 4.79 Å². The number of carbonyl (C=O) groups excluding carboxylic acids is 1. The molecule has 0 aromatic heterocycles. The second-order valence-electron chi connectivity index (χ2n) is 5.14. The van der Waals surface area contributed by atoms with Gasteiger partial charge in [-0.25, -0.2) is 0 Å². The first-order valence-corrected chi connectivity index (χ1v) is 6.23. The lowest BCUT2D eigenvalue weighted by molar-refractivity contribution is -0.134. The molecule has 16 heavy (non-hydrogen) atoms. The Morgan fingerprint density at radius 2 is 2.06 bits per heavy atom. The summed E-state index contributed by atoms with van der Waals surface area (Å²) in [7, 11) is 1.91. The topological polar surface area (TPSA) is 44.4 Å². The number of likely N-dealkylation sites (N-methyl/N-ethyl adjacent to an activating group) is 1. The predicted molar refractivity (Wildman–Crippen MR) is 66.3 cm³/mol. The molecule has 1 heterocycles. The Morgan fingerprint density at radius 1 is 1.38 bits per heavy atom. The highest BCUT2D eigenvalue weighted by molar-refractivity contribution is 5.82. The first kappa shape index (κ1) is 13.5. The van der Waals surface area contributed by atoms with Gasteiger partial charge in [0.1, 0.15) is 0 Å². The molecule has 1 amide bonds. The van der Waals surface area contributed by atoms with Crippen LogP contribution >= 0.6 is 0 Å². The van der Waals surface area contributed by atoms with Crippen molar-refractivity contribution in [2.24, 2.45) is 5.92 Å². The van der Waals surface area contributed by atoms with Crippen LogP contribution in [0, 0.1) is 5.92 Å². The predicted octanol–water partition coefficient (Wildman–Crippen LogP) is 0.441. The molecule has 1 fully saturated rings. The first-order chi connectivity index (χ1) is 7.52. The number of amides is 1. The molecule has 0 bridgehead atoms. The van der Waals surface area contributed by atoms with Crippen LogP contribution in [0.5, 0.6) is 0 Å². The van der Waals surface area contributed by atoms with Crippen LogP contribution in [0.15, 0.2) is 0 Å². The molecular weight excluding hydrogens is 202 g/mol. The highest BCUT2D eigenvalue weighted by Crippen LogP contribution is 2.10. The van der Waals surface area contributed by atoms with Crippen LogP contribution in [-0.4, -0.2) is 49.6 Å². The fourth-order valence-corrected chi connectivity index (χ4v) is 2.13. The number of nitrogens with zero attached hydrogens (tertiary/aromatic N) is 1. The van der Waals surface area contributed by atoms with Crippen LogP contribution < -0.4 is 10.6 Å². The van der Waals surface area contributed by atoms with Crippen LogP contribution in [-0.2, 0) is 4.79 Å². The molecule has 2 unspecified atom stereocenters. The SMILES string of the molecule is CC(C)CC(C)N(C)C(=O)C1CNCCN1. The van der Waals surface area contributed by atoms with Crippen LogP contribution in [0.3, 0.4) is 0 Å². The number of carbonyl (C=O) groups is 1. The molecule has 4 nitrogen and oxygen atoms in total. The van der Waals surface area contributed by atoms with Crippen molar-refractivity contribution in [1.82, 2.24) is 15.5 Å². The molecule has 0 aromatic carbocycles. The van der Waals surface area contributed by atoms with E-state index < -0.39 is 0 Å². The van der Waals surface area contributed by atoms with Gasteiger partial charge in [0.2, 0.25) is 5.91 Å². The number of hydrogen-bond acceptors (Lipinski definition) is 3. The van der Waals surface area contributed by atoms with Crippen molar-refractivity contribution in [3.63, 3.8) is 0 Å². The van der Waals surface area contributed by atoms with Gasteiger partial charge in [-0.2, -0.15) is 0 Å². The van der Waals surface area contributed by atoms with E-state index in [2.05, 4.69) is 31.4 Å². The summed E-state index contributed by atoms with van der Waals surface area (Å²) in [5.74, 6) is 0.836. The van der Waals surface area contributed by atoms with Crippen LogP contribution in [0.25, 0.3) is 0 Å². The standard InChI is InChI=1S/C12H25N3O/c1-9(2)7-10(3)15(4)12(16)11-8-13-5-6-14-11/h9-11,13-14H,5-8H2,1-4H3. The minimum Gasteiger partial charge on any atom is -0.342 e. The highest BCUT2D eigenvalue weighted by atomic mass is 16.2. The van der Waals surface area contributed by atoms with E-state index in [0.29, 0.717) is 12.0 Å². The fourth-order valence-electron chi connectivity index (χ4n) is 2.13. The Balaban J connectivity index is 2.45. The van der Waals surface area contributed by atoms with Gasteiger partial charge in [-0.05, 0) is 19.3 Å². The number of hydrogen-bond donors (Lipinski definition) is 2. The van der Waals surface area contributed by atoms with E-state index >= 15 is 0 Å². The van der Waals surface area contributed by atoms with Gasteiger partial charge in [0, 0.05) is 32.7 Å². The number of rotatable bonds is 4. The Kier molecular flexibility index (Phi) is 5.22. The van der Waals surface area contributed by atoms with Crippen LogP contribution in [0.2, 0.25) is 0 Å². The lowest BCUT2D eigenvalue weighted by atomic mass is 10.0. The van der Waals surface area contributed by atoms with Gasteiger partial charge in [0.25, 0.3) is 0 Å². The minimum atomic E-state index is -0.0478. The third kappa shape index (κ3) is 3.76. The summed E-state index contributed by atoms with van der Waals surface area (Å²) in [6, 6.07) is 0.268. The Bertz CT molecular complexity index is 224. The Hall–Kier alpha value is -0.610. The van der Waals surface area contributed by atoms with E-state index in [1.165, 1.54) is 0 Å². The molecule has 0 radical (unpaired) electrons. The van der Waals surface area contributed by atoms with Crippen LogP contribution in [0.4, 0.5) is 0 Å². The molecule has 94 valence electrons. The zero-order valence-electron chi connectivity index (χ0n) is 10.9. The average molecular weight is 227 g/mol. The van der Waals surface area contributed by atoms with Crippen molar-refractivity contribution in [2.45, 2.75) is 39.3 Å². The van der Waals surface area contributed by atoms with Gasteiger partial charge in [0.05, 0.1) is 6.04 Å². The van der Waals surface area contributed by atoms with E-state index in [1.54, 1.807) is 0 Å². The molecule has 2 N–H and O–H groups in total. The van der Waals surface area contributed by atoms with E-state index in [9.17, 15) is 4.79 Å². The summed E-state index contributed by atoms with van der Waals surface area (Å²) >= 11 is 0. The largest absolute Gasteiger partial charge is 0.342 e. The maximum atomic E-state index is 12.1. The third-order valence-corrected chi connectivity index (χ3v) is 3.16. The number of piperazine rings is 1.